The third-order valence-corrected chi connectivity index (χ3v) is 5.98. The van der Waals surface area contributed by atoms with Gasteiger partial charge in [0.15, 0.2) is 0 Å². The highest BCUT2D eigenvalue weighted by molar-refractivity contribution is 5.96. The monoisotopic (exact) mass is 399 g/mol. The molecule has 5 nitrogen and oxygen atoms in total. The summed E-state index contributed by atoms with van der Waals surface area (Å²) in [6.07, 6.45) is 0.863. The van der Waals surface area contributed by atoms with Gasteiger partial charge in [0.05, 0.1) is 18.5 Å². The lowest BCUT2D eigenvalue weighted by molar-refractivity contribution is -0.130. The molecule has 152 valence electrons. The number of nitrogens with zero attached hydrogens (tertiary/aromatic N) is 3. The third kappa shape index (κ3) is 3.87. The fourth-order valence-electron chi connectivity index (χ4n) is 4.28. The van der Waals surface area contributed by atoms with Crippen molar-refractivity contribution in [3.8, 4) is 0 Å². The maximum atomic E-state index is 13.7. The first kappa shape index (κ1) is 19.5. The highest BCUT2D eigenvalue weighted by atomic mass is 19.1. The molecule has 2 fully saturated rings. The summed E-state index contributed by atoms with van der Waals surface area (Å²) in [6, 6.07) is 12.1. The van der Waals surface area contributed by atoms with Crippen LogP contribution in [0.25, 0.3) is 0 Å². The zero-order valence-corrected chi connectivity index (χ0v) is 16.3. The predicted molar refractivity (Wildman–Crippen MR) is 105 cm³/mol. The number of amides is 2. The van der Waals surface area contributed by atoms with Gasteiger partial charge in [-0.25, -0.2) is 8.78 Å². The van der Waals surface area contributed by atoms with Gasteiger partial charge in [-0.2, -0.15) is 0 Å². The Labute approximate surface area is 168 Å². The van der Waals surface area contributed by atoms with E-state index >= 15 is 0 Å². The average Bonchev–Trinajstić information content (AvgIpc) is 3.10. The Hall–Kier alpha value is -2.80. The van der Waals surface area contributed by atoms with Crippen LogP contribution in [0.1, 0.15) is 12.0 Å². The molecule has 2 aromatic rings. The highest BCUT2D eigenvalue weighted by Crippen LogP contribution is 2.33. The number of carbonyl (C=O) groups excluding carboxylic acids is 2. The molecule has 0 radical (unpaired) electrons. The van der Waals surface area contributed by atoms with Crippen molar-refractivity contribution in [2.24, 2.45) is 0 Å². The fraction of sp³-hybridized carbons (Fsp3) is 0.364. The molecule has 2 amide bonds. The maximum absolute atomic E-state index is 13.7. The standard InChI is InChI=1S/C22H23F2N3O2/c1-25-13-21(29)27(19-7-3-6-18(24)12-19)15-22(25)8-9-26(14-22)20(28)11-16-4-2-5-17(23)10-16/h2-7,10,12H,8-9,11,13-15H2,1H3. The molecule has 0 aliphatic carbocycles. The lowest BCUT2D eigenvalue weighted by Gasteiger charge is -2.46. The molecule has 2 aromatic carbocycles. The second kappa shape index (κ2) is 7.55. The van der Waals surface area contributed by atoms with E-state index in [2.05, 4.69) is 0 Å². The molecule has 1 spiro atoms. The van der Waals surface area contributed by atoms with E-state index in [1.54, 1.807) is 34.1 Å². The molecule has 2 saturated heterocycles. The normalized spacial score (nSPS) is 22.5. The van der Waals surface area contributed by atoms with E-state index in [4.69, 9.17) is 0 Å². The van der Waals surface area contributed by atoms with Crippen molar-refractivity contribution in [3.63, 3.8) is 0 Å². The zero-order valence-electron chi connectivity index (χ0n) is 16.3. The molecule has 0 bridgehead atoms. The molecule has 2 aliphatic rings. The van der Waals surface area contributed by atoms with Crippen molar-refractivity contribution >= 4 is 17.5 Å². The van der Waals surface area contributed by atoms with E-state index in [-0.39, 0.29) is 42.0 Å². The molecule has 7 heteroatoms. The summed E-state index contributed by atoms with van der Waals surface area (Å²) in [7, 11) is 1.89. The summed E-state index contributed by atoms with van der Waals surface area (Å²) >= 11 is 0. The van der Waals surface area contributed by atoms with E-state index in [9.17, 15) is 18.4 Å². The molecule has 2 aliphatic heterocycles. The Bertz CT molecular complexity index is 951. The summed E-state index contributed by atoms with van der Waals surface area (Å²) in [5.74, 6) is -0.894. The predicted octanol–water partition coefficient (Wildman–Crippen LogP) is 2.46. The molecule has 0 aromatic heterocycles. The van der Waals surface area contributed by atoms with Crippen molar-refractivity contribution in [1.82, 2.24) is 9.80 Å². The number of likely N-dealkylation sites (tertiary alicyclic amines) is 1. The lowest BCUT2D eigenvalue weighted by atomic mass is 9.92. The molecule has 0 N–H and O–H groups in total. The first-order valence-corrected chi connectivity index (χ1v) is 9.66. The minimum Gasteiger partial charge on any atom is -0.340 e. The van der Waals surface area contributed by atoms with E-state index in [0.717, 1.165) is 6.42 Å². The number of piperazine rings is 1. The lowest BCUT2D eigenvalue weighted by Crippen LogP contribution is -2.64. The van der Waals surface area contributed by atoms with Gasteiger partial charge in [0.1, 0.15) is 11.6 Å². The molecule has 29 heavy (non-hydrogen) atoms. The fourth-order valence-corrected chi connectivity index (χ4v) is 4.28. The first-order valence-electron chi connectivity index (χ1n) is 9.66. The van der Waals surface area contributed by atoms with Gasteiger partial charge in [0.25, 0.3) is 0 Å². The Kier molecular flexibility index (Phi) is 5.08. The molecule has 0 saturated carbocycles. The summed E-state index contributed by atoms with van der Waals surface area (Å²) in [5.41, 5.74) is 0.800. The van der Waals surface area contributed by atoms with E-state index in [0.29, 0.717) is 30.9 Å². The summed E-state index contributed by atoms with van der Waals surface area (Å²) in [4.78, 5) is 30.8. The van der Waals surface area contributed by atoms with Crippen LogP contribution in [-0.4, -0.2) is 60.4 Å². The second-order valence-corrected chi connectivity index (χ2v) is 7.91. The largest absolute Gasteiger partial charge is 0.340 e. The summed E-state index contributed by atoms with van der Waals surface area (Å²) in [6.45, 7) is 1.67. The number of rotatable bonds is 3. The Morgan fingerprint density at radius 1 is 1.07 bits per heavy atom. The Morgan fingerprint density at radius 2 is 1.79 bits per heavy atom. The second-order valence-electron chi connectivity index (χ2n) is 7.91. The van der Waals surface area contributed by atoms with Crippen LogP contribution in [0.2, 0.25) is 0 Å². The number of hydrogen-bond donors (Lipinski definition) is 0. The van der Waals surface area contributed by atoms with Crippen molar-refractivity contribution < 1.29 is 18.4 Å². The number of halogens is 2. The summed E-state index contributed by atoms with van der Waals surface area (Å²) in [5, 5.41) is 0. The number of anilines is 1. The van der Waals surface area contributed by atoms with Crippen LogP contribution in [0.15, 0.2) is 48.5 Å². The maximum Gasteiger partial charge on any atom is 0.241 e. The third-order valence-electron chi connectivity index (χ3n) is 5.98. The number of likely N-dealkylation sites (N-methyl/N-ethyl adjacent to an activating group) is 1. The Balaban J connectivity index is 1.50. The van der Waals surface area contributed by atoms with Crippen LogP contribution in [0.3, 0.4) is 0 Å². The van der Waals surface area contributed by atoms with Gasteiger partial charge in [0.2, 0.25) is 11.8 Å². The van der Waals surface area contributed by atoms with Crippen LogP contribution >= 0.6 is 0 Å². The average molecular weight is 399 g/mol. The quantitative estimate of drug-likeness (QED) is 0.797. The number of benzene rings is 2. The molecule has 1 unspecified atom stereocenters. The van der Waals surface area contributed by atoms with Crippen LogP contribution in [-0.2, 0) is 16.0 Å². The van der Waals surface area contributed by atoms with Gasteiger partial charge in [-0.1, -0.05) is 18.2 Å². The molecular formula is C22H23F2N3O2. The van der Waals surface area contributed by atoms with Gasteiger partial charge in [-0.15, -0.1) is 0 Å². The minimum atomic E-state index is -0.387. The van der Waals surface area contributed by atoms with Crippen LogP contribution in [0.5, 0.6) is 0 Å². The van der Waals surface area contributed by atoms with Crippen LogP contribution in [0.4, 0.5) is 14.5 Å². The molecular weight excluding hydrogens is 376 g/mol. The van der Waals surface area contributed by atoms with E-state index in [1.807, 2.05) is 11.9 Å². The number of hydrogen-bond acceptors (Lipinski definition) is 3. The topological polar surface area (TPSA) is 43.9 Å². The Morgan fingerprint density at radius 3 is 2.52 bits per heavy atom. The van der Waals surface area contributed by atoms with Gasteiger partial charge in [-0.3, -0.25) is 14.5 Å². The SMILES string of the molecule is CN1CC(=O)N(c2cccc(F)c2)CC12CCN(C(=O)Cc1cccc(F)c1)C2. The first-order chi connectivity index (χ1) is 13.9. The van der Waals surface area contributed by atoms with Crippen LogP contribution in [0, 0.1) is 11.6 Å². The van der Waals surface area contributed by atoms with E-state index in [1.165, 1.54) is 24.3 Å². The highest BCUT2D eigenvalue weighted by Gasteiger charge is 2.48. The van der Waals surface area contributed by atoms with Crippen molar-refractivity contribution in [2.75, 3.05) is 38.1 Å². The van der Waals surface area contributed by atoms with Gasteiger partial charge >= 0.3 is 0 Å². The van der Waals surface area contributed by atoms with Crippen LogP contribution < -0.4 is 4.90 Å². The smallest absolute Gasteiger partial charge is 0.241 e. The number of carbonyl (C=O) groups is 2. The van der Waals surface area contributed by atoms with Gasteiger partial charge in [-0.05, 0) is 49.4 Å². The van der Waals surface area contributed by atoms with Gasteiger partial charge < -0.3 is 9.80 Å². The minimum absolute atomic E-state index is 0.0601. The van der Waals surface area contributed by atoms with Crippen molar-refractivity contribution in [1.29, 1.82) is 0 Å². The van der Waals surface area contributed by atoms with Crippen molar-refractivity contribution in [2.45, 2.75) is 18.4 Å². The molecule has 1 atom stereocenters. The molecule has 2 heterocycles. The summed E-state index contributed by atoms with van der Waals surface area (Å²) < 4.78 is 27.1. The zero-order chi connectivity index (χ0) is 20.6. The molecule has 4 rings (SSSR count). The van der Waals surface area contributed by atoms with Crippen molar-refractivity contribution in [3.05, 3.63) is 65.7 Å². The van der Waals surface area contributed by atoms with E-state index < -0.39 is 0 Å². The van der Waals surface area contributed by atoms with Gasteiger partial charge in [0, 0.05) is 25.3 Å².